The van der Waals surface area contributed by atoms with Gasteiger partial charge in [0, 0.05) is 6.54 Å². The molecule has 1 rings (SSSR count). The highest BCUT2D eigenvalue weighted by Gasteiger charge is 2.07. The summed E-state index contributed by atoms with van der Waals surface area (Å²) in [6, 6.07) is 0. The van der Waals surface area contributed by atoms with Crippen molar-refractivity contribution in [2.45, 2.75) is 13.3 Å². The average molecular weight is 182 g/mol. The Labute approximate surface area is 77.3 Å². The molecule has 5 heteroatoms. The van der Waals surface area contributed by atoms with E-state index in [0.29, 0.717) is 17.4 Å². The second kappa shape index (κ2) is 4.49. The summed E-state index contributed by atoms with van der Waals surface area (Å²) < 4.78 is 5.06. The van der Waals surface area contributed by atoms with Crippen LogP contribution in [0.3, 0.4) is 0 Å². The lowest BCUT2D eigenvalue weighted by Crippen LogP contribution is -2.06. The van der Waals surface area contributed by atoms with Gasteiger partial charge in [-0.3, -0.25) is 0 Å². The topological polar surface area (TPSA) is 73.1 Å². The maximum atomic E-state index is 5.59. The van der Waals surface area contributed by atoms with Gasteiger partial charge in [-0.2, -0.15) is 0 Å². The van der Waals surface area contributed by atoms with E-state index < -0.39 is 0 Å². The monoisotopic (exact) mass is 182 g/mol. The summed E-state index contributed by atoms with van der Waals surface area (Å²) in [5.41, 5.74) is 5.59. The van der Waals surface area contributed by atoms with E-state index in [1.165, 1.54) is 6.33 Å². The molecule has 0 spiro atoms. The average Bonchev–Trinajstić information content (AvgIpc) is 2.15. The predicted molar refractivity (Wildman–Crippen MR) is 51.8 cm³/mol. The molecule has 0 radical (unpaired) electrons. The van der Waals surface area contributed by atoms with Crippen LogP contribution >= 0.6 is 0 Å². The third-order valence-electron chi connectivity index (χ3n) is 1.58. The number of ether oxygens (including phenoxy) is 1. The molecule has 1 aromatic heterocycles. The van der Waals surface area contributed by atoms with Crippen molar-refractivity contribution in [2.75, 3.05) is 24.7 Å². The van der Waals surface area contributed by atoms with E-state index in [2.05, 4.69) is 22.2 Å². The van der Waals surface area contributed by atoms with E-state index in [4.69, 9.17) is 10.5 Å². The van der Waals surface area contributed by atoms with Crippen LogP contribution < -0.4 is 15.8 Å². The van der Waals surface area contributed by atoms with Crippen molar-refractivity contribution in [2.24, 2.45) is 0 Å². The molecule has 0 unspecified atom stereocenters. The van der Waals surface area contributed by atoms with Crippen LogP contribution in [0.1, 0.15) is 13.3 Å². The Bertz CT molecular complexity index is 277. The van der Waals surface area contributed by atoms with Gasteiger partial charge in [0.05, 0.1) is 7.11 Å². The van der Waals surface area contributed by atoms with Crippen LogP contribution in [0.25, 0.3) is 0 Å². The minimum atomic E-state index is 0.358. The summed E-state index contributed by atoms with van der Waals surface area (Å²) in [5.74, 6) is 1.52. The molecule has 0 saturated carbocycles. The van der Waals surface area contributed by atoms with Gasteiger partial charge < -0.3 is 15.8 Å². The molecule has 0 aliphatic carbocycles. The molecular formula is C8H14N4O. The second-order valence-corrected chi connectivity index (χ2v) is 2.57. The largest absolute Gasteiger partial charge is 0.490 e. The number of anilines is 2. The van der Waals surface area contributed by atoms with Crippen molar-refractivity contribution in [3.63, 3.8) is 0 Å². The maximum Gasteiger partial charge on any atom is 0.203 e. The van der Waals surface area contributed by atoms with Gasteiger partial charge in [0.1, 0.15) is 6.33 Å². The first kappa shape index (κ1) is 9.57. The number of rotatable bonds is 4. The molecule has 5 nitrogen and oxygen atoms in total. The van der Waals surface area contributed by atoms with Crippen LogP contribution in [0.2, 0.25) is 0 Å². The zero-order chi connectivity index (χ0) is 9.68. The summed E-state index contributed by atoms with van der Waals surface area (Å²) >= 11 is 0. The Morgan fingerprint density at radius 1 is 1.54 bits per heavy atom. The molecule has 0 amide bonds. The van der Waals surface area contributed by atoms with Crippen molar-refractivity contribution in [1.82, 2.24) is 9.97 Å². The fraction of sp³-hybridized carbons (Fsp3) is 0.500. The summed E-state index contributed by atoms with van der Waals surface area (Å²) in [6.45, 7) is 2.91. The fourth-order valence-electron chi connectivity index (χ4n) is 0.958. The Morgan fingerprint density at radius 3 is 2.92 bits per heavy atom. The van der Waals surface area contributed by atoms with Gasteiger partial charge in [-0.05, 0) is 6.42 Å². The molecule has 72 valence electrons. The van der Waals surface area contributed by atoms with Crippen molar-refractivity contribution in [1.29, 1.82) is 0 Å². The molecule has 0 aliphatic heterocycles. The van der Waals surface area contributed by atoms with Crippen LogP contribution in [0.4, 0.5) is 11.6 Å². The molecule has 3 N–H and O–H groups in total. The zero-order valence-electron chi connectivity index (χ0n) is 7.87. The third kappa shape index (κ3) is 2.21. The molecule has 0 atom stereocenters. The normalized spacial score (nSPS) is 9.69. The SMILES string of the molecule is CCCNc1ncnc(N)c1OC. The lowest BCUT2D eigenvalue weighted by molar-refractivity contribution is 0.415. The smallest absolute Gasteiger partial charge is 0.203 e. The Balaban J connectivity index is 2.85. The lowest BCUT2D eigenvalue weighted by Gasteiger charge is -2.09. The standard InChI is InChI=1S/C8H14N4O/c1-3-4-10-8-6(13-2)7(9)11-5-12-8/h5H,3-4H2,1-2H3,(H3,9,10,11,12). The molecule has 0 aliphatic rings. The predicted octanol–water partition coefficient (Wildman–Crippen LogP) is 0.889. The number of methoxy groups -OCH3 is 1. The van der Waals surface area contributed by atoms with Gasteiger partial charge >= 0.3 is 0 Å². The van der Waals surface area contributed by atoms with E-state index in [-0.39, 0.29) is 0 Å². The minimum absolute atomic E-state index is 0.358. The number of nitrogen functional groups attached to an aromatic ring is 1. The molecule has 0 bridgehead atoms. The number of hydrogen-bond donors (Lipinski definition) is 2. The van der Waals surface area contributed by atoms with E-state index in [9.17, 15) is 0 Å². The Morgan fingerprint density at radius 2 is 2.31 bits per heavy atom. The Hall–Kier alpha value is -1.52. The molecule has 0 saturated heterocycles. The first-order chi connectivity index (χ1) is 6.29. The van der Waals surface area contributed by atoms with Crippen molar-refractivity contribution >= 4 is 11.6 Å². The third-order valence-corrected chi connectivity index (χ3v) is 1.58. The van der Waals surface area contributed by atoms with Gasteiger partial charge in [0.15, 0.2) is 11.6 Å². The van der Waals surface area contributed by atoms with Crippen molar-refractivity contribution < 1.29 is 4.74 Å². The van der Waals surface area contributed by atoms with Gasteiger partial charge in [-0.1, -0.05) is 6.92 Å². The molecule has 0 fully saturated rings. The van der Waals surface area contributed by atoms with Crippen LogP contribution in [0.15, 0.2) is 6.33 Å². The van der Waals surface area contributed by atoms with E-state index >= 15 is 0 Å². The molecular weight excluding hydrogens is 168 g/mol. The van der Waals surface area contributed by atoms with Crippen molar-refractivity contribution in [3.05, 3.63) is 6.33 Å². The number of aromatic nitrogens is 2. The number of nitrogens with zero attached hydrogens (tertiary/aromatic N) is 2. The highest BCUT2D eigenvalue weighted by molar-refractivity contribution is 5.61. The number of nitrogens with two attached hydrogens (primary N) is 1. The van der Waals surface area contributed by atoms with Crippen LogP contribution in [-0.4, -0.2) is 23.6 Å². The highest BCUT2D eigenvalue weighted by Crippen LogP contribution is 2.25. The number of nitrogens with one attached hydrogen (secondary N) is 1. The lowest BCUT2D eigenvalue weighted by atomic mass is 10.4. The minimum Gasteiger partial charge on any atom is -0.490 e. The second-order valence-electron chi connectivity index (χ2n) is 2.57. The van der Waals surface area contributed by atoms with Gasteiger partial charge in [-0.25, -0.2) is 9.97 Å². The van der Waals surface area contributed by atoms with E-state index in [0.717, 1.165) is 13.0 Å². The van der Waals surface area contributed by atoms with E-state index in [1.807, 2.05) is 0 Å². The summed E-state index contributed by atoms with van der Waals surface area (Å²) in [5, 5.41) is 3.10. The molecule has 0 aromatic carbocycles. The van der Waals surface area contributed by atoms with Crippen LogP contribution in [0, 0.1) is 0 Å². The molecule has 1 heterocycles. The van der Waals surface area contributed by atoms with Gasteiger partial charge in [-0.15, -0.1) is 0 Å². The first-order valence-corrected chi connectivity index (χ1v) is 4.18. The van der Waals surface area contributed by atoms with Gasteiger partial charge in [0.2, 0.25) is 5.75 Å². The highest BCUT2D eigenvalue weighted by atomic mass is 16.5. The summed E-state index contributed by atoms with van der Waals surface area (Å²) in [6.07, 6.45) is 2.43. The van der Waals surface area contributed by atoms with Crippen molar-refractivity contribution in [3.8, 4) is 5.75 Å². The fourth-order valence-corrected chi connectivity index (χ4v) is 0.958. The molecule has 13 heavy (non-hydrogen) atoms. The molecule has 1 aromatic rings. The maximum absolute atomic E-state index is 5.59. The summed E-state index contributed by atoms with van der Waals surface area (Å²) in [4.78, 5) is 7.84. The van der Waals surface area contributed by atoms with Gasteiger partial charge in [0.25, 0.3) is 0 Å². The van der Waals surface area contributed by atoms with Crippen LogP contribution in [0.5, 0.6) is 5.75 Å². The zero-order valence-corrected chi connectivity index (χ0v) is 7.87. The van der Waals surface area contributed by atoms with Crippen LogP contribution in [-0.2, 0) is 0 Å². The van der Waals surface area contributed by atoms with E-state index in [1.54, 1.807) is 7.11 Å². The Kier molecular flexibility index (Phi) is 3.31. The quantitative estimate of drug-likeness (QED) is 0.723. The number of hydrogen-bond acceptors (Lipinski definition) is 5. The summed E-state index contributed by atoms with van der Waals surface area (Å²) in [7, 11) is 1.55. The first-order valence-electron chi connectivity index (χ1n) is 4.18.